The first-order valence-electron chi connectivity index (χ1n) is 9.26. The van der Waals surface area contributed by atoms with Crippen LogP contribution in [0.25, 0.3) is 22.2 Å². The molecule has 1 N–H and O–H groups in total. The second-order valence-electron chi connectivity index (χ2n) is 6.64. The molecule has 0 aliphatic carbocycles. The third-order valence-electron chi connectivity index (χ3n) is 4.53. The molecule has 0 spiro atoms. The average Bonchev–Trinajstić information content (AvgIpc) is 3.40. The SMILES string of the molecule is COc1ccc(OC)c(NS(=O)(=O)c2cc(-c3nc(-c4cccc(F)c4)no3)sc2C)c1. The van der Waals surface area contributed by atoms with Crippen LogP contribution in [0.2, 0.25) is 0 Å². The number of nitrogens with one attached hydrogen (secondary N) is 1. The van der Waals surface area contributed by atoms with Gasteiger partial charge in [-0.05, 0) is 37.3 Å². The van der Waals surface area contributed by atoms with Gasteiger partial charge in [-0.3, -0.25) is 4.72 Å². The molecule has 2 aromatic heterocycles. The molecular formula is C21H18FN3O5S2. The van der Waals surface area contributed by atoms with Gasteiger partial charge in [-0.2, -0.15) is 4.98 Å². The Balaban J connectivity index is 1.65. The van der Waals surface area contributed by atoms with Crippen LogP contribution in [0, 0.1) is 12.7 Å². The average molecular weight is 476 g/mol. The second kappa shape index (κ2) is 8.60. The summed E-state index contributed by atoms with van der Waals surface area (Å²) in [6.45, 7) is 1.68. The van der Waals surface area contributed by atoms with Crippen molar-refractivity contribution in [1.82, 2.24) is 10.1 Å². The van der Waals surface area contributed by atoms with E-state index >= 15 is 0 Å². The fraction of sp³-hybridized carbons (Fsp3) is 0.143. The van der Waals surface area contributed by atoms with Gasteiger partial charge in [0.1, 0.15) is 22.2 Å². The fourth-order valence-electron chi connectivity index (χ4n) is 3.00. The van der Waals surface area contributed by atoms with Crippen molar-refractivity contribution >= 4 is 27.0 Å². The fourth-order valence-corrected chi connectivity index (χ4v) is 5.58. The predicted octanol–water partition coefficient (Wildman–Crippen LogP) is 4.73. The van der Waals surface area contributed by atoms with Crippen LogP contribution in [0.3, 0.4) is 0 Å². The lowest BCUT2D eigenvalue weighted by atomic mass is 10.2. The summed E-state index contributed by atoms with van der Waals surface area (Å²) in [5.74, 6) is 0.737. The van der Waals surface area contributed by atoms with Crippen molar-refractivity contribution in [3.8, 4) is 33.7 Å². The van der Waals surface area contributed by atoms with Gasteiger partial charge in [-0.25, -0.2) is 12.8 Å². The van der Waals surface area contributed by atoms with E-state index < -0.39 is 15.8 Å². The van der Waals surface area contributed by atoms with Gasteiger partial charge in [0.15, 0.2) is 0 Å². The van der Waals surface area contributed by atoms with Crippen molar-refractivity contribution in [2.75, 3.05) is 18.9 Å². The Bertz CT molecular complexity index is 1380. The third-order valence-corrected chi connectivity index (χ3v) is 7.19. The highest BCUT2D eigenvalue weighted by Crippen LogP contribution is 2.36. The number of ether oxygens (including phenoxy) is 2. The standard InChI is InChI=1S/C21H18FN3O5S2/c1-12-19(32(26,27)25-16-10-15(28-2)7-8-17(16)29-3)11-18(31-12)21-23-20(24-30-21)13-5-4-6-14(22)9-13/h4-11,25H,1-3H3. The Morgan fingerprint density at radius 1 is 1.09 bits per heavy atom. The number of aromatic nitrogens is 2. The molecule has 0 amide bonds. The Kier molecular flexibility index (Phi) is 5.85. The van der Waals surface area contributed by atoms with Gasteiger partial charge in [0, 0.05) is 16.5 Å². The molecule has 0 radical (unpaired) electrons. The molecule has 0 aliphatic heterocycles. The number of rotatable bonds is 7. The van der Waals surface area contributed by atoms with Crippen molar-refractivity contribution in [2.24, 2.45) is 0 Å². The van der Waals surface area contributed by atoms with E-state index in [1.165, 1.54) is 49.8 Å². The lowest BCUT2D eigenvalue weighted by Gasteiger charge is -2.13. The zero-order valence-corrected chi connectivity index (χ0v) is 18.9. The summed E-state index contributed by atoms with van der Waals surface area (Å²) in [7, 11) is -1.03. The number of thiophene rings is 1. The lowest BCUT2D eigenvalue weighted by Crippen LogP contribution is -2.14. The largest absolute Gasteiger partial charge is 0.497 e. The normalized spacial score (nSPS) is 11.4. The lowest BCUT2D eigenvalue weighted by molar-refractivity contribution is 0.405. The molecule has 0 unspecified atom stereocenters. The summed E-state index contributed by atoms with van der Waals surface area (Å²) in [4.78, 5) is 5.34. The maximum absolute atomic E-state index is 13.5. The number of anilines is 1. The van der Waals surface area contributed by atoms with E-state index in [2.05, 4.69) is 14.9 Å². The molecular weight excluding hydrogens is 457 g/mol. The second-order valence-corrected chi connectivity index (χ2v) is 9.54. The quantitative estimate of drug-likeness (QED) is 0.412. The zero-order valence-electron chi connectivity index (χ0n) is 17.2. The number of hydrogen-bond acceptors (Lipinski definition) is 8. The van der Waals surface area contributed by atoms with E-state index in [9.17, 15) is 12.8 Å². The number of aryl methyl sites for hydroxylation is 1. The summed E-state index contributed by atoms with van der Waals surface area (Å²) in [5, 5.41) is 3.87. The molecule has 0 fully saturated rings. The topological polar surface area (TPSA) is 104 Å². The minimum atomic E-state index is -3.95. The number of methoxy groups -OCH3 is 2. The number of sulfonamides is 1. The maximum atomic E-state index is 13.5. The van der Waals surface area contributed by atoms with Crippen LogP contribution in [0.15, 0.2) is 57.9 Å². The molecule has 0 atom stereocenters. The first-order chi connectivity index (χ1) is 15.3. The minimum absolute atomic E-state index is 0.0629. The molecule has 8 nitrogen and oxygen atoms in total. The number of hydrogen-bond donors (Lipinski definition) is 1. The van der Waals surface area contributed by atoms with E-state index in [4.69, 9.17) is 14.0 Å². The molecule has 0 aliphatic rings. The van der Waals surface area contributed by atoms with Crippen molar-refractivity contribution in [3.63, 3.8) is 0 Å². The summed E-state index contributed by atoms with van der Waals surface area (Å²) in [6.07, 6.45) is 0. The Morgan fingerprint density at radius 3 is 2.62 bits per heavy atom. The third kappa shape index (κ3) is 4.30. The molecule has 0 saturated heterocycles. The first kappa shape index (κ1) is 21.8. The van der Waals surface area contributed by atoms with Crippen LogP contribution < -0.4 is 14.2 Å². The smallest absolute Gasteiger partial charge is 0.268 e. The van der Waals surface area contributed by atoms with E-state index in [1.54, 1.807) is 31.2 Å². The highest BCUT2D eigenvalue weighted by atomic mass is 32.2. The van der Waals surface area contributed by atoms with Gasteiger partial charge >= 0.3 is 0 Å². The molecule has 32 heavy (non-hydrogen) atoms. The predicted molar refractivity (Wildman–Crippen MR) is 118 cm³/mol. The van der Waals surface area contributed by atoms with Crippen molar-refractivity contribution in [3.05, 3.63) is 59.2 Å². The molecule has 166 valence electrons. The van der Waals surface area contributed by atoms with Crippen LogP contribution >= 0.6 is 11.3 Å². The highest BCUT2D eigenvalue weighted by Gasteiger charge is 2.24. The molecule has 0 saturated carbocycles. The van der Waals surface area contributed by atoms with Crippen LogP contribution in [0.1, 0.15) is 4.88 Å². The Hall–Kier alpha value is -3.44. The summed E-state index contributed by atoms with van der Waals surface area (Å²) in [5.41, 5.74) is 0.693. The van der Waals surface area contributed by atoms with Gasteiger partial charge in [0.05, 0.1) is 24.8 Å². The Labute approximate surface area is 187 Å². The van der Waals surface area contributed by atoms with Crippen molar-refractivity contribution in [2.45, 2.75) is 11.8 Å². The molecule has 11 heteroatoms. The van der Waals surface area contributed by atoms with Gasteiger partial charge in [-0.1, -0.05) is 17.3 Å². The summed E-state index contributed by atoms with van der Waals surface area (Å²) in [6, 6.07) is 12.0. The van der Waals surface area contributed by atoms with Crippen molar-refractivity contribution < 1.29 is 26.8 Å². The number of nitrogens with zero attached hydrogens (tertiary/aromatic N) is 2. The molecule has 4 aromatic rings. The zero-order chi connectivity index (χ0) is 22.9. The van der Waals surface area contributed by atoms with Crippen molar-refractivity contribution in [1.29, 1.82) is 0 Å². The van der Waals surface area contributed by atoms with Gasteiger partial charge in [0.2, 0.25) is 5.82 Å². The van der Waals surface area contributed by atoms with Crippen LogP contribution in [0.5, 0.6) is 11.5 Å². The molecule has 0 bridgehead atoms. The van der Waals surface area contributed by atoms with Gasteiger partial charge < -0.3 is 14.0 Å². The highest BCUT2D eigenvalue weighted by molar-refractivity contribution is 7.93. The minimum Gasteiger partial charge on any atom is -0.497 e. The number of benzene rings is 2. The van der Waals surface area contributed by atoms with Gasteiger partial charge in [-0.15, -0.1) is 11.3 Å². The van der Waals surface area contributed by atoms with Gasteiger partial charge in [0.25, 0.3) is 15.9 Å². The number of halogens is 1. The van der Waals surface area contributed by atoms with E-state index in [0.29, 0.717) is 26.8 Å². The summed E-state index contributed by atoms with van der Waals surface area (Å²) >= 11 is 1.19. The van der Waals surface area contributed by atoms with E-state index in [1.807, 2.05) is 0 Å². The maximum Gasteiger partial charge on any atom is 0.268 e. The van der Waals surface area contributed by atoms with Crippen LogP contribution in [-0.4, -0.2) is 32.8 Å². The van der Waals surface area contributed by atoms with Crippen LogP contribution in [0.4, 0.5) is 10.1 Å². The molecule has 2 aromatic carbocycles. The molecule has 2 heterocycles. The van der Waals surface area contributed by atoms with E-state index in [0.717, 1.165) is 0 Å². The van der Waals surface area contributed by atoms with Crippen LogP contribution in [-0.2, 0) is 10.0 Å². The Morgan fingerprint density at radius 2 is 1.91 bits per heavy atom. The molecule has 4 rings (SSSR count). The monoisotopic (exact) mass is 475 g/mol. The summed E-state index contributed by atoms with van der Waals surface area (Å²) < 4.78 is 57.9. The van der Waals surface area contributed by atoms with E-state index in [-0.39, 0.29) is 22.3 Å². The first-order valence-corrected chi connectivity index (χ1v) is 11.6.